The third-order valence-electron chi connectivity index (χ3n) is 4.42. The van der Waals surface area contributed by atoms with Gasteiger partial charge in [-0.1, -0.05) is 24.8 Å². The summed E-state index contributed by atoms with van der Waals surface area (Å²) >= 11 is 0. The highest BCUT2D eigenvalue weighted by Gasteiger charge is 2.27. The molecular formula is C20H28N4O5. The molecule has 1 aliphatic rings. The molecule has 0 saturated carbocycles. The Bertz CT molecular complexity index is 744. The van der Waals surface area contributed by atoms with E-state index < -0.39 is 6.09 Å². The molecule has 2 rings (SSSR count). The van der Waals surface area contributed by atoms with Gasteiger partial charge in [0.15, 0.2) is 0 Å². The molecule has 0 bridgehead atoms. The van der Waals surface area contributed by atoms with Crippen molar-refractivity contribution in [1.29, 1.82) is 0 Å². The number of anilines is 1. The van der Waals surface area contributed by atoms with Crippen LogP contribution in [0.4, 0.5) is 10.5 Å². The van der Waals surface area contributed by atoms with Crippen LogP contribution in [0.2, 0.25) is 0 Å². The van der Waals surface area contributed by atoms with Crippen LogP contribution in [0.15, 0.2) is 36.4 Å². The molecule has 1 fully saturated rings. The summed E-state index contributed by atoms with van der Waals surface area (Å²) in [4.78, 5) is 35.0. The number of likely N-dealkylation sites (N-methyl/N-ethyl adjacent to an activating group) is 1. The SMILES string of the molecule is C=C(Cc1ccccc1NC(=O)CNC(=O)OC)C1CNC(C(=O)NCC)CO1. The third-order valence-corrected chi connectivity index (χ3v) is 4.42. The summed E-state index contributed by atoms with van der Waals surface area (Å²) in [5.41, 5.74) is 2.34. The Morgan fingerprint density at radius 3 is 2.69 bits per heavy atom. The molecule has 2 unspecified atom stereocenters. The van der Waals surface area contributed by atoms with Gasteiger partial charge in [0, 0.05) is 18.8 Å². The van der Waals surface area contributed by atoms with Crippen molar-refractivity contribution in [2.24, 2.45) is 0 Å². The van der Waals surface area contributed by atoms with Gasteiger partial charge < -0.3 is 30.7 Å². The summed E-state index contributed by atoms with van der Waals surface area (Å²) in [7, 11) is 1.23. The number of ether oxygens (including phenoxy) is 2. The van der Waals surface area contributed by atoms with Gasteiger partial charge in [-0.25, -0.2) is 4.79 Å². The smallest absolute Gasteiger partial charge is 0.407 e. The van der Waals surface area contributed by atoms with E-state index in [1.165, 1.54) is 7.11 Å². The van der Waals surface area contributed by atoms with E-state index in [4.69, 9.17) is 4.74 Å². The molecule has 158 valence electrons. The van der Waals surface area contributed by atoms with Crippen LogP contribution >= 0.6 is 0 Å². The van der Waals surface area contributed by atoms with Gasteiger partial charge in [0.05, 0.1) is 19.8 Å². The van der Waals surface area contributed by atoms with E-state index in [2.05, 4.69) is 32.6 Å². The molecule has 1 aromatic carbocycles. The zero-order valence-corrected chi connectivity index (χ0v) is 16.7. The summed E-state index contributed by atoms with van der Waals surface area (Å²) < 4.78 is 10.3. The molecule has 1 aromatic rings. The normalized spacial score (nSPS) is 18.4. The summed E-state index contributed by atoms with van der Waals surface area (Å²) in [5, 5.41) is 11.1. The molecule has 0 aliphatic carbocycles. The molecule has 2 atom stereocenters. The molecule has 0 aromatic heterocycles. The van der Waals surface area contributed by atoms with Crippen molar-refractivity contribution in [3.8, 4) is 0 Å². The van der Waals surface area contributed by atoms with Crippen LogP contribution in [-0.4, -0.2) is 63.4 Å². The number of amides is 3. The lowest BCUT2D eigenvalue weighted by Gasteiger charge is -2.31. The van der Waals surface area contributed by atoms with Crippen molar-refractivity contribution in [1.82, 2.24) is 16.0 Å². The monoisotopic (exact) mass is 404 g/mol. The number of morpholine rings is 1. The van der Waals surface area contributed by atoms with Crippen LogP contribution in [0.3, 0.4) is 0 Å². The Hall–Kier alpha value is -2.91. The number of rotatable bonds is 8. The molecule has 0 spiro atoms. The number of carbonyl (C=O) groups is 3. The van der Waals surface area contributed by atoms with E-state index in [9.17, 15) is 14.4 Å². The van der Waals surface area contributed by atoms with Crippen molar-refractivity contribution in [3.05, 3.63) is 42.0 Å². The summed E-state index contributed by atoms with van der Waals surface area (Å²) in [6.45, 7) is 7.12. The van der Waals surface area contributed by atoms with E-state index in [0.29, 0.717) is 25.2 Å². The van der Waals surface area contributed by atoms with E-state index in [1.807, 2.05) is 25.1 Å². The van der Waals surface area contributed by atoms with Crippen molar-refractivity contribution in [2.45, 2.75) is 25.5 Å². The number of para-hydroxylation sites is 1. The first-order valence-electron chi connectivity index (χ1n) is 9.44. The minimum atomic E-state index is -0.672. The highest BCUT2D eigenvalue weighted by atomic mass is 16.5. The van der Waals surface area contributed by atoms with E-state index in [-0.39, 0.29) is 37.1 Å². The molecule has 1 aliphatic heterocycles. The number of alkyl carbamates (subject to hydrolysis) is 1. The van der Waals surface area contributed by atoms with Crippen molar-refractivity contribution >= 4 is 23.6 Å². The van der Waals surface area contributed by atoms with Crippen LogP contribution in [0.25, 0.3) is 0 Å². The predicted octanol–water partition coefficient (Wildman–Crippen LogP) is 0.573. The number of hydrogen-bond acceptors (Lipinski definition) is 6. The van der Waals surface area contributed by atoms with Gasteiger partial charge in [0.2, 0.25) is 11.8 Å². The largest absolute Gasteiger partial charge is 0.453 e. The Balaban J connectivity index is 1.90. The highest BCUT2D eigenvalue weighted by molar-refractivity contribution is 5.94. The third kappa shape index (κ3) is 6.88. The number of nitrogens with one attached hydrogen (secondary N) is 4. The average Bonchev–Trinajstić information content (AvgIpc) is 2.73. The van der Waals surface area contributed by atoms with Crippen LogP contribution in [0.1, 0.15) is 12.5 Å². The Morgan fingerprint density at radius 2 is 2.03 bits per heavy atom. The zero-order chi connectivity index (χ0) is 21.2. The van der Waals surface area contributed by atoms with Gasteiger partial charge in [-0.3, -0.25) is 9.59 Å². The van der Waals surface area contributed by atoms with Gasteiger partial charge in [0.25, 0.3) is 0 Å². The lowest BCUT2D eigenvalue weighted by Crippen LogP contribution is -2.54. The molecule has 9 heteroatoms. The fraction of sp³-hybridized carbons (Fsp3) is 0.450. The first-order chi connectivity index (χ1) is 13.9. The van der Waals surface area contributed by atoms with Crippen LogP contribution in [0, 0.1) is 0 Å². The molecule has 4 N–H and O–H groups in total. The van der Waals surface area contributed by atoms with E-state index in [1.54, 1.807) is 6.07 Å². The average molecular weight is 404 g/mol. The Kier molecular flexibility index (Phi) is 8.63. The van der Waals surface area contributed by atoms with Gasteiger partial charge in [-0.2, -0.15) is 0 Å². The molecule has 29 heavy (non-hydrogen) atoms. The number of hydrogen-bond donors (Lipinski definition) is 4. The van der Waals surface area contributed by atoms with E-state index >= 15 is 0 Å². The number of benzene rings is 1. The van der Waals surface area contributed by atoms with Crippen molar-refractivity contribution in [2.75, 3.05) is 38.7 Å². The van der Waals surface area contributed by atoms with Gasteiger partial charge in [0.1, 0.15) is 12.6 Å². The first kappa shape index (κ1) is 22.4. The van der Waals surface area contributed by atoms with Crippen molar-refractivity contribution in [3.63, 3.8) is 0 Å². The van der Waals surface area contributed by atoms with Gasteiger partial charge >= 0.3 is 6.09 Å². The quantitative estimate of drug-likeness (QED) is 0.471. The predicted molar refractivity (Wildman–Crippen MR) is 109 cm³/mol. The van der Waals surface area contributed by atoms with Crippen LogP contribution in [-0.2, 0) is 25.5 Å². The topological polar surface area (TPSA) is 118 Å². The van der Waals surface area contributed by atoms with E-state index in [0.717, 1.165) is 11.1 Å². The van der Waals surface area contributed by atoms with Crippen LogP contribution < -0.4 is 21.3 Å². The second-order valence-electron chi connectivity index (χ2n) is 6.56. The lowest BCUT2D eigenvalue weighted by atomic mass is 9.99. The van der Waals surface area contributed by atoms with Gasteiger partial charge in [-0.05, 0) is 30.5 Å². The maximum Gasteiger partial charge on any atom is 0.407 e. The molecule has 9 nitrogen and oxygen atoms in total. The Labute approximate surface area is 170 Å². The molecule has 1 saturated heterocycles. The molecule has 1 heterocycles. The highest BCUT2D eigenvalue weighted by Crippen LogP contribution is 2.21. The fourth-order valence-electron chi connectivity index (χ4n) is 2.88. The summed E-state index contributed by atoms with van der Waals surface area (Å²) in [6.07, 6.45) is -0.404. The second kappa shape index (κ2) is 11.2. The Morgan fingerprint density at radius 1 is 1.28 bits per heavy atom. The minimum Gasteiger partial charge on any atom is -0.453 e. The maximum absolute atomic E-state index is 12.0. The summed E-state index contributed by atoms with van der Waals surface area (Å²) in [6, 6.07) is 6.99. The van der Waals surface area contributed by atoms with Gasteiger partial charge in [-0.15, -0.1) is 0 Å². The lowest BCUT2D eigenvalue weighted by molar-refractivity contribution is -0.126. The van der Waals surface area contributed by atoms with Crippen LogP contribution in [0.5, 0.6) is 0 Å². The molecule has 3 amide bonds. The number of methoxy groups -OCH3 is 1. The fourth-order valence-corrected chi connectivity index (χ4v) is 2.88. The zero-order valence-electron chi connectivity index (χ0n) is 16.7. The molecule has 0 radical (unpaired) electrons. The minimum absolute atomic E-state index is 0.0785. The summed E-state index contributed by atoms with van der Waals surface area (Å²) in [5.74, 6) is -0.445. The standard InChI is InChI=1S/C20H28N4O5/c1-4-21-19(26)16-12-29-17(10-22-16)13(2)9-14-7-5-6-8-15(14)24-18(25)11-23-20(27)28-3/h5-8,16-17,22H,2,4,9-12H2,1,3H3,(H,21,26)(H,23,27)(H,24,25). The second-order valence-corrected chi connectivity index (χ2v) is 6.56. The maximum atomic E-state index is 12.0. The van der Waals surface area contributed by atoms with Crippen molar-refractivity contribution < 1.29 is 23.9 Å². The number of carbonyl (C=O) groups excluding carboxylic acids is 3. The first-order valence-corrected chi connectivity index (χ1v) is 9.44. The molecular weight excluding hydrogens is 376 g/mol.